The normalized spacial score (nSPS) is 9.85. The van der Waals surface area contributed by atoms with Crippen LogP contribution in [0.4, 0.5) is 4.79 Å². The third-order valence-corrected chi connectivity index (χ3v) is 2.49. The SMILES string of the molecule is O=C(O)CCCNC(=O)NCCOc1ncccc1Cl. The van der Waals surface area contributed by atoms with Crippen LogP contribution in [0.3, 0.4) is 0 Å². The molecule has 0 atom stereocenters. The van der Waals surface area contributed by atoms with Gasteiger partial charge in [0.2, 0.25) is 5.88 Å². The summed E-state index contributed by atoms with van der Waals surface area (Å²) < 4.78 is 5.28. The third kappa shape index (κ3) is 6.79. The molecule has 1 aromatic heterocycles. The summed E-state index contributed by atoms with van der Waals surface area (Å²) in [5.41, 5.74) is 0. The summed E-state index contributed by atoms with van der Waals surface area (Å²) in [5, 5.41) is 13.9. The summed E-state index contributed by atoms with van der Waals surface area (Å²) in [4.78, 5) is 25.5. The number of aliphatic carboxylic acids is 1. The lowest BCUT2D eigenvalue weighted by Gasteiger charge is -2.08. The van der Waals surface area contributed by atoms with E-state index in [1.807, 2.05) is 0 Å². The largest absolute Gasteiger partial charge is 0.481 e. The fourth-order valence-corrected chi connectivity index (χ4v) is 1.47. The Kier molecular flexibility index (Phi) is 7.20. The summed E-state index contributed by atoms with van der Waals surface area (Å²) in [7, 11) is 0. The zero-order chi connectivity index (χ0) is 14.8. The number of nitrogens with zero attached hydrogens (tertiary/aromatic N) is 1. The molecule has 20 heavy (non-hydrogen) atoms. The van der Waals surface area contributed by atoms with E-state index in [1.54, 1.807) is 18.3 Å². The predicted octanol–water partition coefficient (Wildman–Crippen LogP) is 1.28. The number of urea groups is 1. The molecule has 0 saturated heterocycles. The Morgan fingerprint density at radius 3 is 2.80 bits per heavy atom. The molecule has 0 aromatic carbocycles. The second-order valence-corrected chi connectivity index (χ2v) is 4.23. The Balaban J connectivity index is 2.07. The number of nitrogens with one attached hydrogen (secondary N) is 2. The van der Waals surface area contributed by atoms with Gasteiger partial charge in [-0.25, -0.2) is 9.78 Å². The summed E-state index contributed by atoms with van der Waals surface area (Å²) in [6.45, 7) is 0.835. The Morgan fingerprint density at radius 2 is 2.10 bits per heavy atom. The highest BCUT2D eigenvalue weighted by atomic mass is 35.5. The van der Waals surface area contributed by atoms with Gasteiger partial charge in [-0.3, -0.25) is 4.79 Å². The molecular weight excluding hydrogens is 286 g/mol. The monoisotopic (exact) mass is 301 g/mol. The van der Waals surface area contributed by atoms with Crippen molar-refractivity contribution in [1.82, 2.24) is 15.6 Å². The molecule has 7 nitrogen and oxygen atoms in total. The minimum atomic E-state index is -0.882. The van der Waals surface area contributed by atoms with Crippen molar-refractivity contribution >= 4 is 23.6 Å². The molecule has 0 aliphatic carbocycles. The van der Waals surface area contributed by atoms with Crippen LogP contribution in [-0.4, -0.2) is 41.8 Å². The van der Waals surface area contributed by atoms with Crippen LogP contribution in [0.25, 0.3) is 0 Å². The van der Waals surface area contributed by atoms with Crippen LogP contribution in [0, 0.1) is 0 Å². The number of halogens is 1. The first-order chi connectivity index (χ1) is 9.59. The van der Waals surface area contributed by atoms with Gasteiger partial charge < -0.3 is 20.5 Å². The Morgan fingerprint density at radius 1 is 1.35 bits per heavy atom. The Hall–Kier alpha value is -2.02. The van der Waals surface area contributed by atoms with Crippen molar-refractivity contribution in [2.75, 3.05) is 19.7 Å². The molecule has 1 heterocycles. The van der Waals surface area contributed by atoms with Gasteiger partial charge in [0.05, 0.1) is 6.54 Å². The number of carboxylic acids is 1. The van der Waals surface area contributed by atoms with Gasteiger partial charge in [0, 0.05) is 19.2 Å². The minimum Gasteiger partial charge on any atom is -0.481 e. The maximum absolute atomic E-state index is 11.3. The van der Waals surface area contributed by atoms with E-state index >= 15 is 0 Å². The van der Waals surface area contributed by atoms with Gasteiger partial charge in [0.25, 0.3) is 0 Å². The highest BCUT2D eigenvalue weighted by Crippen LogP contribution is 2.19. The summed E-state index contributed by atoms with van der Waals surface area (Å²) in [6, 6.07) is 2.98. The molecule has 0 radical (unpaired) electrons. The first-order valence-corrected chi connectivity index (χ1v) is 6.44. The van der Waals surface area contributed by atoms with E-state index in [-0.39, 0.29) is 25.6 Å². The quantitative estimate of drug-likeness (QED) is 0.628. The van der Waals surface area contributed by atoms with Crippen LogP contribution in [0.5, 0.6) is 5.88 Å². The lowest BCUT2D eigenvalue weighted by molar-refractivity contribution is -0.137. The molecule has 110 valence electrons. The van der Waals surface area contributed by atoms with E-state index in [9.17, 15) is 9.59 Å². The van der Waals surface area contributed by atoms with Crippen LogP contribution in [-0.2, 0) is 4.79 Å². The summed E-state index contributed by atoms with van der Waals surface area (Å²) in [6.07, 6.45) is 1.98. The molecular formula is C12H16ClN3O4. The second-order valence-electron chi connectivity index (χ2n) is 3.82. The number of carboxylic acid groups (broad SMARTS) is 1. The number of rotatable bonds is 8. The van der Waals surface area contributed by atoms with E-state index in [0.29, 0.717) is 23.9 Å². The van der Waals surface area contributed by atoms with E-state index in [1.165, 1.54) is 0 Å². The number of pyridine rings is 1. The lowest BCUT2D eigenvalue weighted by atomic mass is 10.3. The molecule has 0 saturated carbocycles. The van der Waals surface area contributed by atoms with Crippen molar-refractivity contribution in [2.45, 2.75) is 12.8 Å². The first kappa shape index (κ1) is 16.0. The number of carbonyl (C=O) groups is 2. The number of ether oxygens (including phenoxy) is 1. The van der Waals surface area contributed by atoms with Gasteiger partial charge in [-0.15, -0.1) is 0 Å². The molecule has 0 fully saturated rings. The van der Waals surface area contributed by atoms with Crippen molar-refractivity contribution < 1.29 is 19.4 Å². The molecule has 0 bridgehead atoms. The highest BCUT2D eigenvalue weighted by Gasteiger charge is 2.03. The van der Waals surface area contributed by atoms with Crippen LogP contribution < -0.4 is 15.4 Å². The minimum absolute atomic E-state index is 0.0293. The van der Waals surface area contributed by atoms with Gasteiger partial charge in [0.1, 0.15) is 11.6 Å². The van der Waals surface area contributed by atoms with Gasteiger partial charge in [0.15, 0.2) is 0 Å². The maximum atomic E-state index is 11.3. The number of hydrogen-bond acceptors (Lipinski definition) is 4. The predicted molar refractivity (Wildman–Crippen MR) is 73.0 cm³/mol. The number of amides is 2. The van der Waals surface area contributed by atoms with Crippen molar-refractivity contribution in [3.05, 3.63) is 23.4 Å². The molecule has 0 unspecified atom stereocenters. The lowest BCUT2D eigenvalue weighted by Crippen LogP contribution is -2.38. The zero-order valence-corrected chi connectivity index (χ0v) is 11.5. The zero-order valence-electron chi connectivity index (χ0n) is 10.8. The molecule has 2 amide bonds. The third-order valence-electron chi connectivity index (χ3n) is 2.20. The maximum Gasteiger partial charge on any atom is 0.314 e. The van der Waals surface area contributed by atoms with E-state index in [4.69, 9.17) is 21.4 Å². The van der Waals surface area contributed by atoms with Crippen LogP contribution in [0.2, 0.25) is 5.02 Å². The van der Waals surface area contributed by atoms with Crippen molar-refractivity contribution in [1.29, 1.82) is 0 Å². The molecule has 0 aliphatic rings. The second kappa shape index (κ2) is 8.98. The van der Waals surface area contributed by atoms with Crippen molar-refractivity contribution in [3.63, 3.8) is 0 Å². The molecule has 3 N–H and O–H groups in total. The van der Waals surface area contributed by atoms with E-state index in [0.717, 1.165) is 0 Å². The molecule has 1 rings (SSSR count). The smallest absolute Gasteiger partial charge is 0.314 e. The van der Waals surface area contributed by atoms with E-state index < -0.39 is 5.97 Å². The van der Waals surface area contributed by atoms with Crippen LogP contribution in [0.15, 0.2) is 18.3 Å². The average molecular weight is 302 g/mol. The van der Waals surface area contributed by atoms with Crippen LogP contribution in [0.1, 0.15) is 12.8 Å². The van der Waals surface area contributed by atoms with Crippen molar-refractivity contribution in [3.8, 4) is 5.88 Å². The molecule has 8 heteroatoms. The van der Waals surface area contributed by atoms with Gasteiger partial charge in [-0.05, 0) is 18.6 Å². The van der Waals surface area contributed by atoms with E-state index in [2.05, 4.69) is 15.6 Å². The molecule has 0 aliphatic heterocycles. The standard InChI is InChI=1S/C12H16ClN3O4/c13-9-3-1-5-14-11(9)20-8-7-16-12(19)15-6-2-4-10(17)18/h1,3,5H,2,4,6-8H2,(H,17,18)(H2,15,16,19). The molecule has 1 aromatic rings. The first-order valence-electron chi connectivity index (χ1n) is 6.06. The number of hydrogen-bond donors (Lipinski definition) is 3. The number of carbonyl (C=O) groups excluding carboxylic acids is 1. The summed E-state index contributed by atoms with van der Waals surface area (Å²) >= 11 is 5.84. The van der Waals surface area contributed by atoms with Crippen LogP contribution >= 0.6 is 11.6 Å². The van der Waals surface area contributed by atoms with Gasteiger partial charge >= 0.3 is 12.0 Å². The highest BCUT2D eigenvalue weighted by molar-refractivity contribution is 6.31. The summed E-state index contributed by atoms with van der Waals surface area (Å²) in [5.74, 6) is -0.564. The van der Waals surface area contributed by atoms with Gasteiger partial charge in [-0.2, -0.15) is 0 Å². The fraction of sp³-hybridized carbons (Fsp3) is 0.417. The van der Waals surface area contributed by atoms with Gasteiger partial charge in [-0.1, -0.05) is 11.6 Å². The Bertz CT molecular complexity index is 456. The molecule has 0 spiro atoms. The average Bonchev–Trinajstić information content (AvgIpc) is 2.41. The topological polar surface area (TPSA) is 101 Å². The van der Waals surface area contributed by atoms with Crippen molar-refractivity contribution in [2.24, 2.45) is 0 Å². The Labute approximate surface area is 121 Å². The number of aromatic nitrogens is 1. The fourth-order valence-electron chi connectivity index (χ4n) is 1.29.